The lowest BCUT2D eigenvalue weighted by Crippen LogP contribution is -2.59. The summed E-state index contributed by atoms with van der Waals surface area (Å²) in [5.41, 5.74) is 0.828. The Balaban J connectivity index is 1.73. The van der Waals surface area contributed by atoms with Crippen LogP contribution in [0.25, 0.3) is 0 Å². The Morgan fingerprint density at radius 1 is 1.10 bits per heavy atom. The highest BCUT2D eigenvalue weighted by molar-refractivity contribution is 5.38. The molecular weight excluding hydrogens is 280 g/mol. The Morgan fingerprint density at radius 3 is 2.62 bits per heavy atom. The molecule has 0 spiro atoms. The second kappa shape index (κ2) is 5.88. The number of ether oxygens (including phenoxy) is 3. The molecular formula is C14H18O7. The van der Waals surface area contributed by atoms with Crippen molar-refractivity contribution in [2.24, 2.45) is 0 Å². The van der Waals surface area contributed by atoms with Gasteiger partial charge in [-0.15, -0.1) is 0 Å². The molecule has 1 aromatic rings. The molecule has 21 heavy (non-hydrogen) atoms. The van der Waals surface area contributed by atoms with Crippen LogP contribution in [0.3, 0.4) is 0 Å². The predicted molar refractivity (Wildman–Crippen MR) is 69.5 cm³/mol. The fourth-order valence-electron chi connectivity index (χ4n) is 2.59. The smallest absolute Gasteiger partial charge is 0.187 e. The minimum Gasteiger partial charge on any atom is -0.490 e. The van der Waals surface area contributed by atoms with E-state index in [4.69, 9.17) is 19.3 Å². The first kappa shape index (κ1) is 14.7. The van der Waals surface area contributed by atoms with Crippen molar-refractivity contribution >= 4 is 0 Å². The summed E-state index contributed by atoms with van der Waals surface area (Å²) in [4.78, 5) is 0. The number of benzene rings is 1. The molecule has 7 nitrogen and oxygen atoms in total. The zero-order valence-corrected chi connectivity index (χ0v) is 11.2. The molecule has 6 atom stereocenters. The van der Waals surface area contributed by atoms with E-state index in [0.717, 1.165) is 5.56 Å². The van der Waals surface area contributed by atoms with Crippen LogP contribution in [-0.4, -0.2) is 64.3 Å². The second-order valence-electron chi connectivity index (χ2n) is 5.17. The number of hydrogen-bond donors (Lipinski definition) is 4. The number of para-hydroxylation sites is 1. The first-order valence-corrected chi connectivity index (χ1v) is 6.79. The van der Waals surface area contributed by atoms with Crippen LogP contribution in [-0.2, 0) is 9.47 Å². The summed E-state index contributed by atoms with van der Waals surface area (Å²) in [6.45, 7) is -0.211. The maximum atomic E-state index is 9.95. The van der Waals surface area contributed by atoms with E-state index in [1.54, 1.807) is 0 Å². The Bertz CT molecular complexity index is 492. The molecule has 0 amide bonds. The van der Waals surface area contributed by atoms with Crippen molar-refractivity contribution < 1.29 is 34.6 Å². The van der Waals surface area contributed by atoms with Gasteiger partial charge in [0.25, 0.3) is 0 Å². The molecule has 1 fully saturated rings. The normalized spacial score (nSPS) is 38.9. The van der Waals surface area contributed by atoms with Gasteiger partial charge in [-0.1, -0.05) is 18.2 Å². The maximum absolute atomic E-state index is 9.95. The van der Waals surface area contributed by atoms with Crippen molar-refractivity contribution in [3.63, 3.8) is 0 Å². The molecule has 7 heteroatoms. The zero-order chi connectivity index (χ0) is 15.0. The van der Waals surface area contributed by atoms with Crippen LogP contribution in [0.4, 0.5) is 0 Å². The van der Waals surface area contributed by atoms with Gasteiger partial charge in [0.1, 0.15) is 42.9 Å². The highest BCUT2D eigenvalue weighted by atomic mass is 16.7. The number of aliphatic hydroxyl groups excluding tert-OH is 4. The van der Waals surface area contributed by atoms with Gasteiger partial charge in [-0.3, -0.25) is 0 Å². The molecule has 4 N–H and O–H groups in total. The average Bonchev–Trinajstić information content (AvgIpc) is 2.91. The standard InChI is InChI=1S/C14H18O7/c15-5-9-11(16)12(17)13(18)14(20-9)21-10-6-19-8-4-2-1-3-7(8)10/h1-4,9-18H,5-6H2/t9-,10?,11-,12+,13-,14?/m1/s1. The van der Waals surface area contributed by atoms with E-state index in [-0.39, 0.29) is 6.61 Å². The van der Waals surface area contributed by atoms with Gasteiger partial charge in [0, 0.05) is 5.56 Å². The van der Waals surface area contributed by atoms with Crippen LogP contribution in [0.1, 0.15) is 11.7 Å². The molecule has 2 heterocycles. The van der Waals surface area contributed by atoms with E-state index in [9.17, 15) is 15.3 Å². The predicted octanol–water partition coefficient (Wildman–Crippen LogP) is -1.06. The summed E-state index contributed by atoms with van der Waals surface area (Å²) in [5.74, 6) is 0.701. The van der Waals surface area contributed by atoms with Gasteiger partial charge >= 0.3 is 0 Å². The molecule has 116 valence electrons. The number of aliphatic hydroxyl groups is 4. The summed E-state index contributed by atoms with van der Waals surface area (Å²) in [6, 6.07) is 7.34. The Labute approximate surface area is 121 Å². The highest BCUT2D eigenvalue weighted by Crippen LogP contribution is 2.36. The van der Waals surface area contributed by atoms with Gasteiger partial charge in [-0.05, 0) is 6.07 Å². The molecule has 0 bridgehead atoms. The van der Waals surface area contributed by atoms with E-state index < -0.39 is 43.4 Å². The van der Waals surface area contributed by atoms with E-state index in [2.05, 4.69) is 0 Å². The van der Waals surface area contributed by atoms with Gasteiger partial charge in [0.15, 0.2) is 6.29 Å². The molecule has 1 aromatic carbocycles. The summed E-state index contributed by atoms with van der Waals surface area (Å²) >= 11 is 0. The van der Waals surface area contributed by atoms with Gasteiger partial charge in [0.05, 0.1) is 6.61 Å². The SMILES string of the molecule is OC[C@H]1OC(OC2COc3ccccc32)[C@H](O)[C@@H](O)[C@@H]1O. The van der Waals surface area contributed by atoms with E-state index in [1.807, 2.05) is 24.3 Å². The largest absolute Gasteiger partial charge is 0.490 e. The first-order valence-electron chi connectivity index (χ1n) is 6.79. The highest BCUT2D eigenvalue weighted by Gasteiger charge is 2.45. The number of hydrogen-bond acceptors (Lipinski definition) is 7. The summed E-state index contributed by atoms with van der Waals surface area (Å²) in [6.07, 6.45) is -6.82. The maximum Gasteiger partial charge on any atom is 0.187 e. The van der Waals surface area contributed by atoms with Gasteiger partial charge in [-0.2, -0.15) is 0 Å². The molecule has 0 aliphatic carbocycles. The van der Waals surface area contributed by atoms with Crippen molar-refractivity contribution in [2.75, 3.05) is 13.2 Å². The summed E-state index contributed by atoms with van der Waals surface area (Å²) < 4.78 is 16.4. The van der Waals surface area contributed by atoms with Crippen LogP contribution in [0.15, 0.2) is 24.3 Å². The molecule has 0 saturated carbocycles. The lowest BCUT2D eigenvalue weighted by molar-refractivity contribution is -0.312. The van der Waals surface area contributed by atoms with E-state index in [1.165, 1.54) is 0 Å². The lowest BCUT2D eigenvalue weighted by Gasteiger charge is -2.40. The minimum atomic E-state index is -1.45. The molecule has 0 radical (unpaired) electrons. The Kier molecular flexibility index (Phi) is 4.12. The van der Waals surface area contributed by atoms with Crippen molar-refractivity contribution in [1.29, 1.82) is 0 Å². The number of fused-ring (bicyclic) bond motifs is 1. The van der Waals surface area contributed by atoms with Gasteiger partial charge in [-0.25, -0.2) is 0 Å². The Hall–Kier alpha value is -1.22. The second-order valence-corrected chi connectivity index (χ2v) is 5.17. The minimum absolute atomic E-state index is 0.272. The van der Waals surface area contributed by atoms with Crippen LogP contribution in [0.2, 0.25) is 0 Å². The fraction of sp³-hybridized carbons (Fsp3) is 0.571. The van der Waals surface area contributed by atoms with Crippen molar-refractivity contribution in [2.45, 2.75) is 36.8 Å². The van der Waals surface area contributed by atoms with Gasteiger partial charge < -0.3 is 34.6 Å². The zero-order valence-electron chi connectivity index (χ0n) is 11.2. The monoisotopic (exact) mass is 298 g/mol. The molecule has 3 rings (SSSR count). The van der Waals surface area contributed by atoms with Crippen molar-refractivity contribution in [1.82, 2.24) is 0 Å². The molecule has 0 aromatic heterocycles. The van der Waals surface area contributed by atoms with Crippen LogP contribution < -0.4 is 4.74 Å². The molecule has 1 saturated heterocycles. The fourth-order valence-corrected chi connectivity index (χ4v) is 2.59. The topological polar surface area (TPSA) is 109 Å². The van der Waals surface area contributed by atoms with Gasteiger partial charge in [0.2, 0.25) is 0 Å². The van der Waals surface area contributed by atoms with Crippen LogP contribution >= 0.6 is 0 Å². The third kappa shape index (κ3) is 2.64. The third-order valence-electron chi connectivity index (χ3n) is 3.80. The quantitative estimate of drug-likeness (QED) is 0.563. The van der Waals surface area contributed by atoms with E-state index >= 15 is 0 Å². The molecule has 2 aliphatic heterocycles. The average molecular weight is 298 g/mol. The van der Waals surface area contributed by atoms with Crippen molar-refractivity contribution in [3.8, 4) is 5.75 Å². The molecule has 2 unspecified atom stereocenters. The van der Waals surface area contributed by atoms with Crippen LogP contribution in [0.5, 0.6) is 5.75 Å². The van der Waals surface area contributed by atoms with Crippen molar-refractivity contribution in [3.05, 3.63) is 29.8 Å². The van der Waals surface area contributed by atoms with E-state index in [0.29, 0.717) is 5.75 Å². The third-order valence-corrected chi connectivity index (χ3v) is 3.80. The molecule has 2 aliphatic rings. The summed E-state index contributed by atoms with van der Waals surface area (Å²) in [7, 11) is 0. The first-order chi connectivity index (χ1) is 10.1. The number of rotatable bonds is 3. The summed E-state index contributed by atoms with van der Waals surface area (Å²) in [5, 5.41) is 38.5. The van der Waals surface area contributed by atoms with Crippen LogP contribution in [0, 0.1) is 0 Å². The Morgan fingerprint density at radius 2 is 1.86 bits per heavy atom. The lowest BCUT2D eigenvalue weighted by atomic mass is 9.99.